The lowest BCUT2D eigenvalue weighted by molar-refractivity contribution is -0.114. The molecule has 1 amide bonds. The highest BCUT2D eigenvalue weighted by atomic mass is 16.6. The van der Waals surface area contributed by atoms with Crippen molar-refractivity contribution in [2.75, 3.05) is 0 Å². The topological polar surface area (TPSA) is 69.4 Å². The molecule has 1 atom stereocenters. The average molecular weight is 143 g/mol. The zero-order chi connectivity index (χ0) is 7.98. The summed E-state index contributed by atoms with van der Waals surface area (Å²) in [7, 11) is 0. The molecule has 0 radical (unpaired) electrons. The molecule has 0 aromatic carbocycles. The summed E-state index contributed by atoms with van der Waals surface area (Å²) in [6, 6.07) is 0. The van der Waals surface area contributed by atoms with E-state index < -0.39 is 12.2 Å². The standard InChI is InChI=1S/C6H9NO3/c1-2-3-5(4-8)10-6(7)9/h2,4-5H,1,3H2,(H2,7,9)/t5-/m0/s1. The van der Waals surface area contributed by atoms with Crippen LogP contribution in [0.5, 0.6) is 0 Å². The molecule has 0 fully saturated rings. The molecule has 2 N–H and O–H groups in total. The minimum absolute atomic E-state index is 0.298. The fourth-order valence-electron chi connectivity index (χ4n) is 0.445. The van der Waals surface area contributed by atoms with Gasteiger partial charge in [-0.05, 0) is 0 Å². The third kappa shape index (κ3) is 3.65. The molecule has 4 nitrogen and oxygen atoms in total. The Morgan fingerprint density at radius 1 is 1.80 bits per heavy atom. The molecule has 0 aliphatic carbocycles. The summed E-state index contributed by atoms with van der Waals surface area (Å²) in [6.45, 7) is 3.36. The Morgan fingerprint density at radius 3 is 2.70 bits per heavy atom. The zero-order valence-electron chi connectivity index (χ0n) is 5.45. The van der Waals surface area contributed by atoms with Crippen molar-refractivity contribution in [3.8, 4) is 0 Å². The number of hydrogen-bond acceptors (Lipinski definition) is 3. The lowest BCUT2D eigenvalue weighted by atomic mass is 10.3. The van der Waals surface area contributed by atoms with Crippen LogP contribution in [0.3, 0.4) is 0 Å². The fraction of sp³-hybridized carbons (Fsp3) is 0.333. The molecular formula is C6H9NO3. The summed E-state index contributed by atoms with van der Waals surface area (Å²) < 4.78 is 4.34. The number of hydrogen-bond donors (Lipinski definition) is 1. The zero-order valence-corrected chi connectivity index (χ0v) is 5.45. The third-order valence-corrected chi connectivity index (χ3v) is 0.818. The summed E-state index contributed by atoms with van der Waals surface area (Å²) in [5.41, 5.74) is 4.64. The van der Waals surface area contributed by atoms with Crippen LogP contribution >= 0.6 is 0 Å². The second kappa shape index (κ2) is 4.55. The van der Waals surface area contributed by atoms with E-state index in [1.54, 1.807) is 0 Å². The molecule has 0 unspecified atom stereocenters. The Balaban J connectivity index is 3.70. The van der Waals surface area contributed by atoms with Crippen molar-refractivity contribution in [2.24, 2.45) is 5.73 Å². The van der Waals surface area contributed by atoms with Crippen molar-refractivity contribution in [3.05, 3.63) is 12.7 Å². The molecule has 0 saturated carbocycles. The smallest absolute Gasteiger partial charge is 0.405 e. The molecule has 0 aliphatic rings. The predicted octanol–water partition coefficient (Wildman–Crippen LogP) is 0.225. The Bertz CT molecular complexity index is 144. The molecule has 56 valence electrons. The first-order chi connectivity index (χ1) is 4.70. The summed E-state index contributed by atoms with van der Waals surface area (Å²) in [4.78, 5) is 20.1. The molecular weight excluding hydrogens is 134 g/mol. The molecule has 0 bridgehead atoms. The van der Waals surface area contributed by atoms with E-state index >= 15 is 0 Å². The van der Waals surface area contributed by atoms with Crippen LogP contribution in [0, 0.1) is 0 Å². The third-order valence-electron chi connectivity index (χ3n) is 0.818. The van der Waals surface area contributed by atoms with Gasteiger partial charge in [0.05, 0.1) is 0 Å². The Hall–Kier alpha value is -1.32. The molecule has 4 heteroatoms. The van der Waals surface area contributed by atoms with Crippen molar-refractivity contribution < 1.29 is 14.3 Å². The van der Waals surface area contributed by atoms with E-state index in [9.17, 15) is 9.59 Å². The minimum Gasteiger partial charge on any atom is -0.438 e. The summed E-state index contributed by atoms with van der Waals surface area (Å²) >= 11 is 0. The number of ether oxygens (including phenoxy) is 1. The molecule has 0 aliphatic heterocycles. The second-order valence-corrected chi connectivity index (χ2v) is 1.64. The van der Waals surface area contributed by atoms with Gasteiger partial charge < -0.3 is 10.5 Å². The molecule has 0 spiro atoms. The number of carbonyl (C=O) groups excluding carboxylic acids is 2. The van der Waals surface area contributed by atoms with Gasteiger partial charge in [-0.15, -0.1) is 6.58 Å². The van der Waals surface area contributed by atoms with Crippen molar-refractivity contribution in [1.29, 1.82) is 0 Å². The summed E-state index contributed by atoms with van der Waals surface area (Å²) in [6.07, 6.45) is 0.551. The van der Waals surface area contributed by atoms with Crippen LogP contribution in [0.4, 0.5) is 4.79 Å². The van der Waals surface area contributed by atoms with Crippen molar-refractivity contribution in [1.82, 2.24) is 0 Å². The highest BCUT2D eigenvalue weighted by molar-refractivity contribution is 5.69. The number of amides is 1. The fourth-order valence-corrected chi connectivity index (χ4v) is 0.445. The predicted molar refractivity (Wildman–Crippen MR) is 35.3 cm³/mol. The molecule has 0 aromatic rings. The quantitative estimate of drug-likeness (QED) is 0.452. The van der Waals surface area contributed by atoms with E-state index in [4.69, 9.17) is 0 Å². The number of carbonyl (C=O) groups is 2. The van der Waals surface area contributed by atoms with E-state index in [0.29, 0.717) is 12.7 Å². The number of nitrogens with two attached hydrogens (primary N) is 1. The van der Waals surface area contributed by atoms with Gasteiger partial charge in [0.2, 0.25) is 0 Å². The van der Waals surface area contributed by atoms with E-state index in [1.807, 2.05) is 0 Å². The van der Waals surface area contributed by atoms with Gasteiger partial charge in [-0.2, -0.15) is 0 Å². The Morgan fingerprint density at radius 2 is 2.40 bits per heavy atom. The van der Waals surface area contributed by atoms with Crippen LogP contribution in [-0.2, 0) is 9.53 Å². The van der Waals surface area contributed by atoms with Gasteiger partial charge in [0.15, 0.2) is 12.4 Å². The van der Waals surface area contributed by atoms with Crippen LogP contribution in [0.1, 0.15) is 6.42 Å². The first-order valence-corrected chi connectivity index (χ1v) is 2.73. The monoisotopic (exact) mass is 143 g/mol. The van der Waals surface area contributed by atoms with Crippen molar-refractivity contribution in [3.63, 3.8) is 0 Å². The van der Waals surface area contributed by atoms with Crippen LogP contribution in [0.15, 0.2) is 12.7 Å². The largest absolute Gasteiger partial charge is 0.438 e. The SMILES string of the molecule is C=CC[C@@H](C=O)OC(N)=O. The van der Waals surface area contributed by atoms with Gasteiger partial charge in [-0.3, -0.25) is 4.79 Å². The number of primary amides is 1. The van der Waals surface area contributed by atoms with Crippen LogP contribution < -0.4 is 5.73 Å². The van der Waals surface area contributed by atoms with Crippen LogP contribution in [-0.4, -0.2) is 18.5 Å². The summed E-state index contributed by atoms with van der Waals surface area (Å²) in [5.74, 6) is 0. The van der Waals surface area contributed by atoms with Crippen LogP contribution in [0.25, 0.3) is 0 Å². The van der Waals surface area contributed by atoms with Gasteiger partial charge in [0.25, 0.3) is 0 Å². The number of rotatable bonds is 4. The Kier molecular flexibility index (Phi) is 3.95. The van der Waals surface area contributed by atoms with E-state index in [2.05, 4.69) is 17.0 Å². The van der Waals surface area contributed by atoms with Gasteiger partial charge in [-0.25, -0.2) is 4.79 Å². The van der Waals surface area contributed by atoms with Crippen LogP contribution in [0.2, 0.25) is 0 Å². The molecule has 10 heavy (non-hydrogen) atoms. The first kappa shape index (κ1) is 8.68. The highest BCUT2D eigenvalue weighted by Crippen LogP contribution is 1.94. The minimum atomic E-state index is -0.945. The van der Waals surface area contributed by atoms with Gasteiger partial charge in [-0.1, -0.05) is 6.08 Å². The number of aldehydes is 1. The van der Waals surface area contributed by atoms with Crippen molar-refractivity contribution in [2.45, 2.75) is 12.5 Å². The van der Waals surface area contributed by atoms with E-state index in [-0.39, 0.29) is 0 Å². The second-order valence-electron chi connectivity index (χ2n) is 1.64. The lowest BCUT2D eigenvalue weighted by Gasteiger charge is -2.05. The van der Waals surface area contributed by atoms with Gasteiger partial charge >= 0.3 is 6.09 Å². The first-order valence-electron chi connectivity index (χ1n) is 2.73. The maximum atomic E-state index is 10.1. The molecule has 0 heterocycles. The van der Waals surface area contributed by atoms with Crippen molar-refractivity contribution >= 4 is 12.4 Å². The van der Waals surface area contributed by atoms with Gasteiger partial charge in [0.1, 0.15) is 0 Å². The lowest BCUT2D eigenvalue weighted by Crippen LogP contribution is -2.23. The molecule has 0 aromatic heterocycles. The maximum Gasteiger partial charge on any atom is 0.405 e. The molecule has 0 saturated heterocycles. The van der Waals surface area contributed by atoms with E-state index in [1.165, 1.54) is 6.08 Å². The maximum absolute atomic E-state index is 10.1. The van der Waals surface area contributed by atoms with Gasteiger partial charge in [0, 0.05) is 6.42 Å². The summed E-state index contributed by atoms with van der Waals surface area (Å²) in [5, 5.41) is 0. The van der Waals surface area contributed by atoms with E-state index in [0.717, 1.165) is 0 Å². The normalized spacial score (nSPS) is 11.6. The highest BCUT2D eigenvalue weighted by Gasteiger charge is 2.07. The Labute approximate surface area is 58.7 Å². The average Bonchev–Trinajstić information content (AvgIpc) is 1.86. The molecule has 0 rings (SSSR count).